The van der Waals surface area contributed by atoms with Gasteiger partial charge in [0.05, 0.1) is 3.57 Å². The Morgan fingerprint density at radius 3 is 2.27 bits per heavy atom. The van der Waals surface area contributed by atoms with Crippen LogP contribution in [0, 0.1) is 3.57 Å². The highest BCUT2D eigenvalue weighted by Gasteiger charge is 2.01. The highest BCUT2D eigenvalue weighted by atomic mass is 127. The third-order valence-electron chi connectivity index (χ3n) is 3.17. The van der Waals surface area contributed by atoms with Gasteiger partial charge in [-0.1, -0.05) is 30.4 Å². The van der Waals surface area contributed by atoms with Crippen molar-refractivity contribution in [2.75, 3.05) is 32.3 Å². The van der Waals surface area contributed by atoms with Crippen LogP contribution >= 0.6 is 22.6 Å². The van der Waals surface area contributed by atoms with Crippen LogP contribution in [0.5, 0.6) is 5.75 Å². The summed E-state index contributed by atoms with van der Waals surface area (Å²) in [6, 6.07) is 14.3. The fraction of sp³-hybridized carbons (Fsp3) is 0.222. The Morgan fingerprint density at radius 2 is 1.68 bits per heavy atom. The lowest BCUT2D eigenvalue weighted by molar-refractivity contribution is 0.271. The summed E-state index contributed by atoms with van der Waals surface area (Å²) in [5.74, 6) is 0.728. The van der Waals surface area contributed by atoms with E-state index in [1.54, 1.807) is 0 Å². The lowest BCUT2D eigenvalue weighted by atomic mass is 10.1. The maximum Gasteiger partial charge on any atom is 0.132 e. The molecular weight excluding hydrogens is 392 g/mol. The Labute approximate surface area is 144 Å². The zero-order valence-electron chi connectivity index (χ0n) is 12.7. The van der Waals surface area contributed by atoms with Gasteiger partial charge >= 0.3 is 0 Å². The first-order valence-corrected chi connectivity index (χ1v) is 8.12. The van der Waals surface area contributed by atoms with Crippen molar-refractivity contribution in [1.29, 1.82) is 0 Å². The van der Waals surface area contributed by atoms with Gasteiger partial charge in [-0.05, 0) is 58.0 Å². The minimum absolute atomic E-state index is 0.101. The molecule has 22 heavy (non-hydrogen) atoms. The van der Waals surface area contributed by atoms with Gasteiger partial charge in [-0.15, -0.1) is 0 Å². The zero-order chi connectivity index (χ0) is 15.9. The third-order valence-corrected chi connectivity index (χ3v) is 4.01. The van der Waals surface area contributed by atoms with E-state index in [0.29, 0.717) is 0 Å². The van der Waals surface area contributed by atoms with Crippen molar-refractivity contribution in [1.82, 2.24) is 0 Å². The molecule has 0 aliphatic heterocycles. The van der Waals surface area contributed by atoms with Gasteiger partial charge in [-0.2, -0.15) is 0 Å². The Bertz CT molecular complexity index is 638. The van der Waals surface area contributed by atoms with E-state index in [-0.39, 0.29) is 6.61 Å². The number of anilines is 1. The standard InChI is InChI=1S/C18H19FINO/c1-21(2)16-8-5-14(6-9-16)3-4-15-7-10-18(17(20)13-15)22-12-11-19/h3-10,13H,11-12H2,1-2H3. The first-order chi connectivity index (χ1) is 10.6. The second-order valence-corrected chi connectivity index (χ2v) is 6.21. The summed E-state index contributed by atoms with van der Waals surface area (Å²) >= 11 is 2.20. The summed E-state index contributed by atoms with van der Waals surface area (Å²) in [5, 5.41) is 0. The van der Waals surface area contributed by atoms with Gasteiger partial charge in [-0.25, -0.2) is 4.39 Å². The highest BCUT2D eigenvalue weighted by Crippen LogP contribution is 2.23. The van der Waals surface area contributed by atoms with Crippen molar-refractivity contribution < 1.29 is 9.13 Å². The molecule has 4 heteroatoms. The van der Waals surface area contributed by atoms with Gasteiger partial charge in [0.2, 0.25) is 0 Å². The summed E-state index contributed by atoms with van der Waals surface area (Å²) < 4.78 is 18.4. The fourth-order valence-electron chi connectivity index (χ4n) is 1.96. The van der Waals surface area contributed by atoms with E-state index in [4.69, 9.17) is 4.74 Å². The quantitative estimate of drug-likeness (QED) is 0.497. The molecule has 0 saturated heterocycles. The van der Waals surface area contributed by atoms with Crippen molar-refractivity contribution in [2.45, 2.75) is 0 Å². The Kier molecular flexibility index (Phi) is 6.24. The molecule has 0 N–H and O–H groups in total. The average Bonchev–Trinajstić information content (AvgIpc) is 2.52. The summed E-state index contributed by atoms with van der Waals surface area (Å²) in [4.78, 5) is 2.08. The normalized spacial score (nSPS) is 10.9. The molecule has 2 aromatic rings. The predicted octanol–water partition coefficient (Wildman–Crippen LogP) is 4.88. The van der Waals surface area contributed by atoms with Crippen molar-refractivity contribution in [3.63, 3.8) is 0 Å². The third kappa shape index (κ3) is 4.73. The molecule has 2 rings (SSSR count). The van der Waals surface area contributed by atoms with Crippen LogP contribution in [-0.2, 0) is 0 Å². The first kappa shape index (κ1) is 16.8. The lowest BCUT2D eigenvalue weighted by Crippen LogP contribution is -2.07. The van der Waals surface area contributed by atoms with Crippen molar-refractivity contribution in [3.8, 4) is 5.75 Å². The molecule has 0 atom stereocenters. The van der Waals surface area contributed by atoms with Gasteiger partial charge < -0.3 is 9.64 Å². The summed E-state index contributed by atoms with van der Waals surface area (Å²) in [7, 11) is 4.05. The minimum atomic E-state index is -0.472. The van der Waals surface area contributed by atoms with E-state index in [2.05, 4.69) is 63.9 Å². The second kappa shape index (κ2) is 8.17. The number of halogens is 2. The predicted molar refractivity (Wildman–Crippen MR) is 100 cm³/mol. The molecule has 0 amide bonds. The lowest BCUT2D eigenvalue weighted by Gasteiger charge is -2.11. The van der Waals surface area contributed by atoms with Crippen LogP contribution < -0.4 is 9.64 Å². The molecular formula is C18H19FINO. The topological polar surface area (TPSA) is 12.5 Å². The molecule has 2 aromatic carbocycles. The number of alkyl halides is 1. The molecule has 0 heterocycles. The van der Waals surface area contributed by atoms with Crippen LogP contribution in [0.2, 0.25) is 0 Å². The highest BCUT2D eigenvalue weighted by molar-refractivity contribution is 14.1. The Morgan fingerprint density at radius 1 is 1.05 bits per heavy atom. The molecule has 0 saturated carbocycles. The van der Waals surface area contributed by atoms with E-state index >= 15 is 0 Å². The zero-order valence-corrected chi connectivity index (χ0v) is 14.9. The second-order valence-electron chi connectivity index (χ2n) is 5.05. The van der Waals surface area contributed by atoms with Crippen LogP contribution in [0.1, 0.15) is 11.1 Å². The molecule has 116 valence electrons. The molecule has 0 unspecified atom stereocenters. The van der Waals surface area contributed by atoms with E-state index in [9.17, 15) is 4.39 Å². The van der Waals surface area contributed by atoms with Crippen LogP contribution in [-0.4, -0.2) is 27.4 Å². The fourth-order valence-corrected chi connectivity index (χ4v) is 2.66. The average molecular weight is 411 g/mol. The summed E-state index contributed by atoms with van der Waals surface area (Å²) in [6.07, 6.45) is 4.14. The van der Waals surface area contributed by atoms with Gasteiger partial charge in [0.1, 0.15) is 19.0 Å². The van der Waals surface area contributed by atoms with Gasteiger partial charge in [0, 0.05) is 19.8 Å². The molecule has 0 bridgehead atoms. The largest absolute Gasteiger partial charge is 0.490 e. The summed E-state index contributed by atoms with van der Waals surface area (Å²) in [5.41, 5.74) is 3.42. The van der Waals surface area contributed by atoms with Gasteiger partial charge in [-0.3, -0.25) is 0 Å². The molecule has 0 aliphatic rings. The SMILES string of the molecule is CN(C)c1ccc(C=Cc2ccc(OCCF)c(I)c2)cc1. The first-order valence-electron chi connectivity index (χ1n) is 7.04. The van der Waals surface area contributed by atoms with Gasteiger partial charge in [0.25, 0.3) is 0 Å². The van der Waals surface area contributed by atoms with E-state index in [1.165, 1.54) is 5.69 Å². The number of hydrogen-bond donors (Lipinski definition) is 0. The van der Waals surface area contributed by atoms with Crippen molar-refractivity contribution in [2.24, 2.45) is 0 Å². The smallest absolute Gasteiger partial charge is 0.132 e. The molecule has 0 fully saturated rings. The maximum atomic E-state index is 12.1. The van der Waals surface area contributed by atoms with Gasteiger partial charge in [0.15, 0.2) is 0 Å². The number of hydrogen-bond acceptors (Lipinski definition) is 2. The number of benzene rings is 2. The molecule has 0 spiro atoms. The monoisotopic (exact) mass is 411 g/mol. The van der Waals surface area contributed by atoms with Crippen LogP contribution in [0.25, 0.3) is 12.2 Å². The Balaban J connectivity index is 2.07. The van der Waals surface area contributed by atoms with E-state index in [1.807, 2.05) is 32.3 Å². The molecule has 2 nitrogen and oxygen atoms in total. The molecule has 0 aliphatic carbocycles. The molecule has 0 aromatic heterocycles. The molecule has 0 radical (unpaired) electrons. The van der Waals surface area contributed by atoms with E-state index in [0.717, 1.165) is 20.4 Å². The van der Waals surface area contributed by atoms with Crippen molar-refractivity contribution in [3.05, 3.63) is 57.2 Å². The van der Waals surface area contributed by atoms with Crippen LogP contribution in [0.3, 0.4) is 0 Å². The number of nitrogens with zero attached hydrogens (tertiary/aromatic N) is 1. The minimum Gasteiger partial charge on any atom is -0.490 e. The number of rotatable bonds is 6. The number of ether oxygens (including phenoxy) is 1. The maximum absolute atomic E-state index is 12.1. The summed E-state index contributed by atoms with van der Waals surface area (Å²) in [6.45, 7) is -0.371. The van der Waals surface area contributed by atoms with Crippen LogP contribution in [0.4, 0.5) is 10.1 Å². The Hall–Kier alpha value is -1.56. The van der Waals surface area contributed by atoms with E-state index < -0.39 is 6.67 Å². The van der Waals surface area contributed by atoms with Crippen molar-refractivity contribution >= 4 is 40.4 Å². The van der Waals surface area contributed by atoms with Crippen LogP contribution in [0.15, 0.2) is 42.5 Å².